The molecule has 3 heteroatoms. The number of hydrogen-bond acceptors (Lipinski definition) is 2. The van der Waals surface area contributed by atoms with Crippen LogP contribution in [-0.4, -0.2) is 11.9 Å². The summed E-state index contributed by atoms with van der Waals surface area (Å²) in [5.74, 6) is -0.0988. The molecule has 3 nitrogen and oxygen atoms in total. The second-order valence-corrected chi connectivity index (χ2v) is 5.93. The van der Waals surface area contributed by atoms with Gasteiger partial charge in [-0.05, 0) is 30.4 Å². The minimum Gasteiger partial charge on any atom is -0.348 e. The van der Waals surface area contributed by atoms with E-state index in [1.54, 1.807) is 0 Å². The van der Waals surface area contributed by atoms with Crippen LogP contribution < -0.4 is 11.1 Å². The van der Waals surface area contributed by atoms with E-state index < -0.39 is 6.04 Å². The van der Waals surface area contributed by atoms with Gasteiger partial charge in [0.25, 0.3) is 0 Å². The summed E-state index contributed by atoms with van der Waals surface area (Å²) in [6, 6.07) is 7.53. The minimum absolute atomic E-state index is 0.0212. The van der Waals surface area contributed by atoms with Crippen LogP contribution in [0.5, 0.6) is 0 Å². The molecule has 0 radical (unpaired) electrons. The second kappa shape index (κ2) is 5.53. The van der Waals surface area contributed by atoms with Crippen LogP contribution in [0.25, 0.3) is 0 Å². The molecule has 1 aromatic rings. The van der Waals surface area contributed by atoms with Crippen molar-refractivity contribution in [2.75, 3.05) is 0 Å². The SMILES string of the molecule is Cc1ccccc1[C@@H](C)NC(=O)[C@@H](N)C(C)(C)C. The van der Waals surface area contributed by atoms with Gasteiger partial charge in [-0.2, -0.15) is 0 Å². The average Bonchev–Trinajstić information content (AvgIpc) is 2.27. The van der Waals surface area contributed by atoms with Gasteiger partial charge in [0.05, 0.1) is 12.1 Å². The highest BCUT2D eigenvalue weighted by Gasteiger charge is 2.28. The van der Waals surface area contributed by atoms with Crippen molar-refractivity contribution >= 4 is 5.91 Å². The molecule has 0 spiro atoms. The van der Waals surface area contributed by atoms with Gasteiger partial charge in [0.15, 0.2) is 0 Å². The summed E-state index contributed by atoms with van der Waals surface area (Å²) in [5.41, 5.74) is 8.03. The maximum absolute atomic E-state index is 12.0. The molecule has 18 heavy (non-hydrogen) atoms. The van der Waals surface area contributed by atoms with Crippen LogP contribution >= 0.6 is 0 Å². The third-order valence-electron chi connectivity index (χ3n) is 3.23. The molecule has 0 aromatic heterocycles. The summed E-state index contributed by atoms with van der Waals surface area (Å²) < 4.78 is 0. The van der Waals surface area contributed by atoms with Crippen molar-refractivity contribution in [1.29, 1.82) is 0 Å². The lowest BCUT2D eigenvalue weighted by Gasteiger charge is -2.27. The molecule has 2 atom stereocenters. The zero-order valence-corrected chi connectivity index (χ0v) is 11.9. The number of benzene rings is 1. The molecule has 3 N–H and O–H groups in total. The van der Waals surface area contributed by atoms with Crippen molar-refractivity contribution in [1.82, 2.24) is 5.32 Å². The topological polar surface area (TPSA) is 55.1 Å². The lowest BCUT2D eigenvalue weighted by Crippen LogP contribution is -2.49. The fraction of sp³-hybridized carbons (Fsp3) is 0.533. The van der Waals surface area contributed by atoms with Crippen molar-refractivity contribution in [3.05, 3.63) is 35.4 Å². The third kappa shape index (κ3) is 3.57. The van der Waals surface area contributed by atoms with Crippen LogP contribution in [0.1, 0.15) is 44.9 Å². The average molecular weight is 248 g/mol. The van der Waals surface area contributed by atoms with Crippen molar-refractivity contribution < 1.29 is 4.79 Å². The van der Waals surface area contributed by atoms with Gasteiger partial charge in [-0.1, -0.05) is 45.0 Å². The molecule has 0 saturated carbocycles. The van der Waals surface area contributed by atoms with E-state index in [0.29, 0.717) is 0 Å². The van der Waals surface area contributed by atoms with Gasteiger partial charge in [0.1, 0.15) is 0 Å². The maximum atomic E-state index is 12.0. The Kier molecular flexibility index (Phi) is 4.52. The smallest absolute Gasteiger partial charge is 0.237 e. The first-order valence-electron chi connectivity index (χ1n) is 6.35. The Morgan fingerprint density at radius 2 is 1.83 bits per heavy atom. The largest absolute Gasteiger partial charge is 0.348 e. The molecule has 0 aliphatic heterocycles. The number of aryl methyl sites for hydroxylation is 1. The molecule has 0 aliphatic rings. The zero-order chi connectivity index (χ0) is 13.9. The molecule has 0 heterocycles. The van der Waals surface area contributed by atoms with Crippen LogP contribution in [-0.2, 0) is 4.79 Å². The Labute approximate surface area is 110 Å². The fourth-order valence-electron chi connectivity index (χ4n) is 1.85. The van der Waals surface area contributed by atoms with Gasteiger partial charge in [0, 0.05) is 0 Å². The molecule has 0 bridgehead atoms. The lowest BCUT2D eigenvalue weighted by molar-refractivity contribution is -0.125. The summed E-state index contributed by atoms with van der Waals surface area (Å²) in [7, 11) is 0. The Balaban J connectivity index is 2.75. The molecule has 1 rings (SSSR count). The number of amides is 1. The zero-order valence-electron chi connectivity index (χ0n) is 11.9. The molecular weight excluding hydrogens is 224 g/mol. The van der Waals surface area contributed by atoms with Gasteiger partial charge < -0.3 is 11.1 Å². The van der Waals surface area contributed by atoms with Crippen molar-refractivity contribution in [2.24, 2.45) is 11.1 Å². The van der Waals surface area contributed by atoms with Gasteiger partial charge >= 0.3 is 0 Å². The van der Waals surface area contributed by atoms with E-state index >= 15 is 0 Å². The predicted molar refractivity (Wildman–Crippen MR) is 75.2 cm³/mol. The van der Waals surface area contributed by atoms with Crippen LogP contribution in [0, 0.1) is 12.3 Å². The number of carbonyl (C=O) groups is 1. The number of rotatable bonds is 3. The van der Waals surface area contributed by atoms with Crippen LogP contribution in [0.3, 0.4) is 0 Å². The quantitative estimate of drug-likeness (QED) is 0.863. The van der Waals surface area contributed by atoms with Crippen molar-refractivity contribution in [3.63, 3.8) is 0 Å². The number of nitrogens with one attached hydrogen (secondary N) is 1. The minimum atomic E-state index is -0.496. The summed E-state index contributed by atoms with van der Waals surface area (Å²) in [5, 5.41) is 2.98. The molecule has 1 amide bonds. The first kappa shape index (κ1) is 14.7. The van der Waals surface area contributed by atoms with E-state index in [0.717, 1.165) is 5.56 Å². The van der Waals surface area contributed by atoms with Gasteiger partial charge in [0.2, 0.25) is 5.91 Å². The molecule has 0 unspecified atom stereocenters. The predicted octanol–water partition coefficient (Wildman–Crippen LogP) is 2.55. The van der Waals surface area contributed by atoms with Gasteiger partial charge in [-0.3, -0.25) is 4.79 Å². The van der Waals surface area contributed by atoms with Gasteiger partial charge in [-0.15, -0.1) is 0 Å². The van der Waals surface area contributed by atoms with E-state index in [1.165, 1.54) is 5.56 Å². The highest BCUT2D eigenvalue weighted by molar-refractivity contribution is 5.82. The van der Waals surface area contributed by atoms with Crippen molar-refractivity contribution in [3.8, 4) is 0 Å². The number of nitrogens with two attached hydrogens (primary N) is 1. The number of hydrogen-bond donors (Lipinski definition) is 2. The third-order valence-corrected chi connectivity index (χ3v) is 3.23. The Hall–Kier alpha value is -1.35. The van der Waals surface area contributed by atoms with Crippen LogP contribution in [0.4, 0.5) is 0 Å². The van der Waals surface area contributed by atoms with Crippen molar-refractivity contribution in [2.45, 2.75) is 46.7 Å². The first-order chi connectivity index (χ1) is 8.23. The summed E-state index contributed by atoms with van der Waals surface area (Å²) in [6.07, 6.45) is 0. The highest BCUT2D eigenvalue weighted by atomic mass is 16.2. The molecule has 100 valence electrons. The molecule has 1 aromatic carbocycles. The standard InChI is InChI=1S/C15H24N2O/c1-10-8-6-7-9-12(10)11(2)17-14(18)13(16)15(3,4)5/h6-9,11,13H,16H2,1-5H3,(H,17,18)/t11-,13-/m1/s1. The first-order valence-corrected chi connectivity index (χ1v) is 6.35. The summed E-state index contributed by atoms with van der Waals surface area (Å²) in [6.45, 7) is 9.93. The summed E-state index contributed by atoms with van der Waals surface area (Å²) in [4.78, 5) is 12.0. The second-order valence-electron chi connectivity index (χ2n) is 5.93. The van der Waals surface area contributed by atoms with E-state index in [2.05, 4.69) is 5.32 Å². The Bertz CT molecular complexity index is 421. The van der Waals surface area contributed by atoms with E-state index in [9.17, 15) is 4.79 Å². The maximum Gasteiger partial charge on any atom is 0.237 e. The van der Waals surface area contributed by atoms with Crippen LogP contribution in [0.2, 0.25) is 0 Å². The monoisotopic (exact) mass is 248 g/mol. The van der Waals surface area contributed by atoms with E-state index in [4.69, 9.17) is 5.73 Å². The Morgan fingerprint density at radius 3 is 2.33 bits per heavy atom. The van der Waals surface area contributed by atoms with E-state index in [-0.39, 0.29) is 17.4 Å². The van der Waals surface area contributed by atoms with E-state index in [1.807, 2.05) is 58.9 Å². The highest BCUT2D eigenvalue weighted by Crippen LogP contribution is 2.20. The fourth-order valence-corrected chi connectivity index (χ4v) is 1.85. The molecular formula is C15H24N2O. The van der Waals surface area contributed by atoms with Gasteiger partial charge in [-0.25, -0.2) is 0 Å². The lowest BCUT2D eigenvalue weighted by atomic mass is 9.86. The number of carbonyl (C=O) groups excluding carboxylic acids is 1. The Morgan fingerprint density at radius 1 is 1.28 bits per heavy atom. The molecule has 0 aliphatic carbocycles. The normalized spacial score (nSPS) is 15.0. The van der Waals surface area contributed by atoms with Crippen LogP contribution in [0.15, 0.2) is 24.3 Å². The summed E-state index contributed by atoms with van der Waals surface area (Å²) >= 11 is 0. The molecule has 0 saturated heterocycles. The molecule has 0 fully saturated rings.